The summed E-state index contributed by atoms with van der Waals surface area (Å²) in [5.41, 5.74) is 25.9. The third-order valence-corrected chi connectivity index (χ3v) is 4.14. The van der Waals surface area contributed by atoms with E-state index >= 15 is 0 Å². The molecule has 160 valence electrons. The maximum Gasteiger partial charge on any atom is 0.233 e. The molecule has 0 atom stereocenters. The summed E-state index contributed by atoms with van der Waals surface area (Å²) < 4.78 is 0. The van der Waals surface area contributed by atoms with E-state index in [-0.39, 0.29) is 35.7 Å². The van der Waals surface area contributed by atoms with Crippen LogP contribution in [0.4, 0.5) is 47.1 Å². The van der Waals surface area contributed by atoms with Crippen molar-refractivity contribution < 1.29 is 0 Å². The number of rotatable bonds is 6. The molecule has 0 bridgehead atoms. The number of anilines is 8. The fraction of sp³-hybridized carbons (Fsp3) is 0. The van der Waals surface area contributed by atoms with Gasteiger partial charge in [-0.25, -0.2) is 0 Å². The molecule has 4 rings (SSSR count). The quantitative estimate of drug-likeness (QED) is 0.244. The van der Waals surface area contributed by atoms with Gasteiger partial charge in [-0.05, 0) is 35.4 Å². The standard InChI is InChI=1S/C20H20N12/c21-15-27-16(22)30-19(29-15)25-13-7-3-11(4-8-13)1-2-12-5-9-14(10-6-12)26-20-31-17(23)28-18(24)32-20/h1-10H,(H5,21,22,25,27,29,30)(H5,23,24,26,28,31,32). The van der Waals surface area contributed by atoms with Gasteiger partial charge in [-0.2, -0.15) is 29.9 Å². The van der Waals surface area contributed by atoms with E-state index in [0.29, 0.717) is 0 Å². The smallest absolute Gasteiger partial charge is 0.233 e. The normalized spacial score (nSPS) is 10.9. The molecule has 12 heteroatoms. The van der Waals surface area contributed by atoms with E-state index in [1.807, 2.05) is 60.7 Å². The molecule has 0 amide bonds. The molecule has 2 aromatic heterocycles. The van der Waals surface area contributed by atoms with Crippen LogP contribution in [0.5, 0.6) is 0 Å². The van der Waals surface area contributed by atoms with Crippen LogP contribution in [0.3, 0.4) is 0 Å². The molecule has 2 heterocycles. The van der Waals surface area contributed by atoms with Crippen LogP contribution in [0.25, 0.3) is 12.2 Å². The average molecular weight is 428 g/mol. The van der Waals surface area contributed by atoms with Gasteiger partial charge in [0.15, 0.2) is 0 Å². The first-order valence-electron chi connectivity index (χ1n) is 9.39. The second-order valence-corrected chi connectivity index (χ2v) is 6.58. The number of hydrogen-bond acceptors (Lipinski definition) is 12. The molecular weight excluding hydrogens is 408 g/mol. The Bertz CT molecular complexity index is 1110. The van der Waals surface area contributed by atoms with Crippen LogP contribution in [0.2, 0.25) is 0 Å². The molecule has 4 aromatic rings. The second-order valence-electron chi connectivity index (χ2n) is 6.58. The number of nitrogens with one attached hydrogen (secondary N) is 2. The van der Waals surface area contributed by atoms with Gasteiger partial charge in [0.25, 0.3) is 0 Å². The van der Waals surface area contributed by atoms with Gasteiger partial charge in [0.1, 0.15) is 0 Å². The molecule has 0 radical (unpaired) electrons. The minimum Gasteiger partial charge on any atom is -0.368 e. The van der Waals surface area contributed by atoms with Crippen LogP contribution in [0, 0.1) is 0 Å². The summed E-state index contributed by atoms with van der Waals surface area (Å²) in [6.07, 6.45) is 4.00. The molecule has 0 aliphatic carbocycles. The minimum atomic E-state index is 0.0577. The lowest BCUT2D eigenvalue weighted by atomic mass is 10.1. The average Bonchev–Trinajstić information content (AvgIpc) is 2.73. The van der Waals surface area contributed by atoms with E-state index in [0.717, 1.165) is 22.5 Å². The molecule has 2 aromatic carbocycles. The zero-order valence-corrected chi connectivity index (χ0v) is 16.8. The minimum absolute atomic E-state index is 0.0577. The molecule has 0 aliphatic heterocycles. The summed E-state index contributed by atoms with van der Waals surface area (Å²) in [6, 6.07) is 15.4. The Morgan fingerprint density at radius 2 is 0.781 bits per heavy atom. The fourth-order valence-electron chi connectivity index (χ4n) is 2.74. The summed E-state index contributed by atoms with van der Waals surface area (Å²) in [5, 5.41) is 6.07. The van der Waals surface area contributed by atoms with Crippen molar-refractivity contribution >= 4 is 59.2 Å². The monoisotopic (exact) mass is 428 g/mol. The third-order valence-electron chi connectivity index (χ3n) is 4.14. The van der Waals surface area contributed by atoms with Gasteiger partial charge in [-0.3, -0.25) is 0 Å². The Balaban J connectivity index is 1.38. The van der Waals surface area contributed by atoms with Gasteiger partial charge in [-0.1, -0.05) is 36.4 Å². The van der Waals surface area contributed by atoms with E-state index in [2.05, 4.69) is 40.5 Å². The first-order chi connectivity index (χ1) is 15.4. The van der Waals surface area contributed by atoms with Gasteiger partial charge in [0.05, 0.1) is 0 Å². The number of nitrogens with two attached hydrogens (primary N) is 4. The summed E-state index contributed by atoms with van der Waals surface area (Å²) in [4.78, 5) is 23.4. The Morgan fingerprint density at radius 3 is 1.09 bits per heavy atom. The highest BCUT2D eigenvalue weighted by Crippen LogP contribution is 2.18. The number of nitrogen functional groups attached to an aromatic ring is 4. The predicted molar refractivity (Wildman–Crippen MR) is 126 cm³/mol. The van der Waals surface area contributed by atoms with Crippen LogP contribution in [-0.4, -0.2) is 29.9 Å². The first kappa shape index (κ1) is 20.3. The molecule has 0 fully saturated rings. The SMILES string of the molecule is Nc1nc(N)nc(Nc2ccc(C=Cc3ccc(Nc4nc(N)nc(N)n4)cc3)cc2)n1. The van der Waals surface area contributed by atoms with E-state index < -0.39 is 0 Å². The highest BCUT2D eigenvalue weighted by atomic mass is 15.2. The lowest BCUT2D eigenvalue weighted by Gasteiger charge is -2.06. The van der Waals surface area contributed by atoms with Crippen molar-refractivity contribution in [2.24, 2.45) is 0 Å². The van der Waals surface area contributed by atoms with E-state index in [1.165, 1.54) is 0 Å². The third kappa shape index (κ3) is 5.33. The molecule has 0 aliphatic rings. The van der Waals surface area contributed by atoms with Crippen LogP contribution in [-0.2, 0) is 0 Å². The first-order valence-corrected chi connectivity index (χ1v) is 9.39. The van der Waals surface area contributed by atoms with Gasteiger partial charge in [0, 0.05) is 11.4 Å². The Labute approximate surface area is 182 Å². The molecule has 12 nitrogen and oxygen atoms in total. The zero-order chi connectivity index (χ0) is 22.5. The largest absolute Gasteiger partial charge is 0.368 e. The van der Waals surface area contributed by atoms with Crippen LogP contribution >= 0.6 is 0 Å². The molecule has 0 spiro atoms. The molecular formula is C20H20N12. The summed E-state index contributed by atoms with van der Waals surface area (Å²) in [5.74, 6) is 0.804. The van der Waals surface area contributed by atoms with Crippen molar-refractivity contribution in [1.82, 2.24) is 29.9 Å². The second kappa shape index (κ2) is 8.79. The van der Waals surface area contributed by atoms with Gasteiger partial charge in [-0.15, -0.1) is 0 Å². The van der Waals surface area contributed by atoms with Gasteiger partial charge in [0.2, 0.25) is 35.7 Å². The van der Waals surface area contributed by atoms with E-state index in [1.54, 1.807) is 0 Å². The van der Waals surface area contributed by atoms with E-state index in [4.69, 9.17) is 22.9 Å². The van der Waals surface area contributed by atoms with Crippen molar-refractivity contribution in [1.29, 1.82) is 0 Å². The fourth-order valence-corrected chi connectivity index (χ4v) is 2.74. The maximum absolute atomic E-state index is 5.58. The lowest BCUT2D eigenvalue weighted by Crippen LogP contribution is -2.06. The topological polar surface area (TPSA) is 205 Å². The maximum atomic E-state index is 5.58. The van der Waals surface area contributed by atoms with Crippen LogP contribution in [0.1, 0.15) is 11.1 Å². The summed E-state index contributed by atoms with van der Waals surface area (Å²) >= 11 is 0. The van der Waals surface area contributed by atoms with Crippen molar-refractivity contribution in [2.75, 3.05) is 33.6 Å². The Kier molecular flexibility index (Phi) is 5.57. The van der Waals surface area contributed by atoms with Crippen molar-refractivity contribution in [3.05, 3.63) is 59.7 Å². The Morgan fingerprint density at radius 1 is 0.469 bits per heavy atom. The predicted octanol–water partition coefficient (Wildman–Crippen LogP) is 2.04. The number of benzene rings is 2. The van der Waals surface area contributed by atoms with Gasteiger partial charge < -0.3 is 33.6 Å². The zero-order valence-electron chi connectivity index (χ0n) is 16.8. The highest BCUT2D eigenvalue weighted by Gasteiger charge is 2.03. The lowest BCUT2D eigenvalue weighted by molar-refractivity contribution is 1.08. The van der Waals surface area contributed by atoms with Crippen molar-refractivity contribution in [2.45, 2.75) is 0 Å². The Hall–Kier alpha value is -5.00. The van der Waals surface area contributed by atoms with Crippen LogP contribution in [0.15, 0.2) is 48.5 Å². The molecule has 10 N–H and O–H groups in total. The molecule has 32 heavy (non-hydrogen) atoms. The summed E-state index contributed by atoms with van der Waals surface area (Å²) in [7, 11) is 0. The molecule has 0 saturated heterocycles. The van der Waals surface area contributed by atoms with Crippen molar-refractivity contribution in [3.63, 3.8) is 0 Å². The molecule has 0 saturated carbocycles. The number of nitrogens with zero attached hydrogens (tertiary/aromatic N) is 6. The van der Waals surface area contributed by atoms with Gasteiger partial charge >= 0.3 is 0 Å². The summed E-state index contributed by atoms with van der Waals surface area (Å²) in [6.45, 7) is 0. The highest BCUT2D eigenvalue weighted by molar-refractivity contribution is 5.72. The number of aromatic nitrogens is 6. The van der Waals surface area contributed by atoms with E-state index in [9.17, 15) is 0 Å². The van der Waals surface area contributed by atoms with Crippen molar-refractivity contribution in [3.8, 4) is 0 Å². The molecule has 0 unspecified atom stereocenters. The van der Waals surface area contributed by atoms with Crippen LogP contribution < -0.4 is 33.6 Å². The number of hydrogen-bond donors (Lipinski definition) is 6.